The topological polar surface area (TPSA) is 69.1 Å². The van der Waals surface area contributed by atoms with Crippen molar-refractivity contribution in [2.45, 2.75) is 39.3 Å². The van der Waals surface area contributed by atoms with E-state index >= 15 is 0 Å². The highest BCUT2D eigenvalue weighted by Gasteiger charge is 2.24. The zero-order valence-corrected chi connectivity index (χ0v) is 18.2. The number of aliphatic imine (C=N–C) groups is 1. The molecule has 0 spiro atoms. The van der Waals surface area contributed by atoms with Gasteiger partial charge in [-0.3, -0.25) is 4.90 Å². The number of phenols is 1. The molecule has 0 saturated carbocycles. The van der Waals surface area contributed by atoms with Gasteiger partial charge >= 0.3 is 0 Å². The molecular formula is C22H32N4O2S. The summed E-state index contributed by atoms with van der Waals surface area (Å²) < 4.78 is 5.47. The minimum atomic E-state index is 0.161. The number of guanidine groups is 1. The molecular weight excluding hydrogens is 384 g/mol. The molecule has 1 saturated heterocycles. The van der Waals surface area contributed by atoms with Crippen LogP contribution in [0.5, 0.6) is 11.5 Å². The fraction of sp³-hybridized carbons (Fsp3) is 0.500. The van der Waals surface area contributed by atoms with E-state index in [1.807, 2.05) is 30.4 Å². The van der Waals surface area contributed by atoms with Crippen LogP contribution in [-0.4, -0.2) is 48.8 Å². The Hall–Kier alpha value is -2.25. The molecule has 2 heterocycles. The summed E-state index contributed by atoms with van der Waals surface area (Å²) in [6, 6.07) is 10.1. The quantitative estimate of drug-likeness (QED) is 0.429. The average molecular weight is 417 g/mol. The van der Waals surface area contributed by atoms with Gasteiger partial charge in [0.1, 0.15) is 0 Å². The van der Waals surface area contributed by atoms with Crippen LogP contribution in [0.1, 0.15) is 43.2 Å². The highest BCUT2D eigenvalue weighted by molar-refractivity contribution is 7.10. The number of thiophene rings is 1. The Kier molecular flexibility index (Phi) is 8.19. The predicted octanol–water partition coefficient (Wildman–Crippen LogP) is 3.74. The number of hydrogen-bond acceptors (Lipinski definition) is 5. The number of likely N-dealkylation sites (tertiary alicyclic amines) is 1. The Bertz CT molecular complexity index is 773. The van der Waals surface area contributed by atoms with Crippen molar-refractivity contribution in [1.29, 1.82) is 0 Å². The molecule has 3 rings (SSSR count). The fourth-order valence-corrected chi connectivity index (χ4v) is 4.44. The van der Waals surface area contributed by atoms with Gasteiger partial charge in [0.05, 0.1) is 19.2 Å². The van der Waals surface area contributed by atoms with Crippen molar-refractivity contribution in [1.82, 2.24) is 15.5 Å². The Labute approximate surface area is 177 Å². The third-order valence-electron chi connectivity index (χ3n) is 5.00. The normalized spacial score (nSPS) is 16.0. The summed E-state index contributed by atoms with van der Waals surface area (Å²) in [5.41, 5.74) is 0.998. The van der Waals surface area contributed by atoms with Gasteiger partial charge in [0.2, 0.25) is 0 Å². The van der Waals surface area contributed by atoms with E-state index in [9.17, 15) is 5.11 Å². The first kappa shape index (κ1) is 21.5. The average Bonchev–Trinajstić information content (AvgIpc) is 3.43. The molecule has 3 N–H and O–H groups in total. The van der Waals surface area contributed by atoms with E-state index < -0.39 is 0 Å². The molecule has 6 nitrogen and oxygen atoms in total. The third-order valence-corrected chi connectivity index (χ3v) is 5.98. The second-order valence-corrected chi connectivity index (χ2v) is 8.06. The van der Waals surface area contributed by atoms with E-state index in [0.29, 0.717) is 24.9 Å². The van der Waals surface area contributed by atoms with Crippen LogP contribution < -0.4 is 15.4 Å². The monoisotopic (exact) mass is 416 g/mol. The molecule has 1 aromatic heterocycles. The second kappa shape index (κ2) is 11.1. The van der Waals surface area contributed by atoms with Crippen LogP contribution in [0.4, 0.5) is 0 Å². The Morgan fingerprint density at radius 2 is 2.07 bits per heavy atom. The van der Waals surface area contributed by atoms with Crippen LogP contribution >= 0.6 is 11.3 Å². The van der Waals surface area contributed by atoms with Gasteiger partial charge in [0.25, 0.3) is 0 Å². The predicted molar refractivity (Wildman–Crippen MR) is 120 cm³/mol. The summed E-state index contributed by atoms with van der Waals surface area (Å²) in [6.45, 7) is 8.96. The molecule has 1 fully saturated rings. The highest BCUT2D eigenvalue weighted by atomic mass is 32.1. The number of aromatic hydroxyl groups is 1. The van der Waals surface area contributed by atoms with Gasteiger partial charge in [-0.05, 0) is 68.9 Å². The summed E-state index contributed by atoms with van der Waals surface area (Å²) in [5.74, 6) is 1.47. The van der Waals surface area contributed by atoms with E-state index in [1.54, 1.807) is 6.07 Å². The summed E-state index contributed by atoms with van der Waals surface area (Å²) in [4.78, 5) is 8.70. The maximum atomic E-state index is 9.88. The van der Waals surface area contributed by atoms with Crippen molar-refractivity contribution in [2.24, 2.45) is 4.99 Å². The SMILES string of the molecule is CCNC(=NCc1ccc(O)c(OCC)c1)NCC(c1cccs1)N1CCCC1. The van der Waals surface area contributed by atoms with E-state index in [0.717, 1.165) is 37.7 Å². The van der Waals surface area contributed by atoms with Gasteiger partial charge in [-0.15, -0.1) is 11.3 Å². The molecule has 29 heavy (non-hydrogen) atoms. The van der Waals surface area contributed by atoms with Crippen molar-refractivity contribution in [3.63, 3.8) is 0 Å². The lowest BCUT2D eigenvalue weighted by Gasteiger charge is -2.27. The maximum Gasteiger partial charge on any atom is 0.191 e. The number of hydrogen-bond donors (Lipinski definition) is 3. The van der Waals surface area contributed by atoms with E-state index in [1.165, 1.54) is 17.7 Å². The highest BCUT2D eigenvalue weighted by Crippen LogP contribution is 2.28. The van der Waals surface area contributed by atoms with Gasteiger partial charge in [-0.1, -0.05) is 12.1 Å². The lowest BCUT2D eigenvalue weighted by atomic mass is 10.2. The van der Waals surface area contributed by atoms with Gasteiger partial charge in [-0.25, -0.2) is 4.99 Å². The first-order valence-electron chi connectivity index (χ1n) is 10.5. The number of nitrogens with one attached hydrogen (secondary N) is 2. The molecule has 1 unspecified atom stereocenters. The zero-order chi connectivity index (χ0) is 20.5. The number of ether oxygens (including phenoxy) is 1. The minimum absolute atomic E-state index is 0.161. The second-order valence-electron chi connectivity index (χ2n) is 7.09. The zero-order valence-electron chi connectivity index (χ0n) is 17.4. The lowest BCUT2D eigenvalue weighted by molar-refractivity contribution is 0.249. The van der Waals surface area contributed by atoms with Crippen molar-refractivity contribution >= 4 is 17.3 Å². The van der Waals surface area contributed by atoms with E-state index in [-0.39, 0.29) is 5.75 Å². The van der Waals surface area contributed by atoms with E-state index in [2.05, 4.69) is 40.0 Å². The molecule has 0 bridgehead atoms. The molecule has 1 aromatic carbocycles. The molecule has 0 radical (unpaired) electrons. The van der Waals surface area contributed by atoms with Crippen LogP contribution in [0.3, 0.4) is 0 Å². The van der Waals surface area contributed by atoms with Gasteiger partial charge in [0, 0.05) is 18.0 Å². The van der Waals surface area contributed by atoms with Gasteiger partial charge < -0.3 is 20.5 Å². The summed E-state index contributed by atoms with van der Waals surface area (Å²) in [7, 11) is 0. The van der Waals surface area contributed by atoms with Gasteiger partial charge in [0.15, 0.2) is 17.5 Å². The molecule has 2 aromatic rings. The smallest absolute Gasteiger partial charge is 0.191 e. The van der Waals surface area contributed by atoms with Crippen LogP contribution in [-0.2, 0) is 6.54 Å². The Morgan fingerprint density at radius 3 is 2.76 bits per heavy atom. The first-order chi connectivity index (χ1) is 14.2. The van der Waals surface area contributed by atoms with Crippen LogP contribution in [0.25, 0.3) is 0 Å². The van der Waals surface area contributed by atoms with Crippen molar-refractivity contribution in [3.05, 3.63) is 46.2 Å². The minimum Gasteiger partial charge on any atom is -0.504 e. The molecule has 7 heteroatoms. The largest absolute Gasteiger partial charge is 0.504 e. The van der Waals surface area contributed by atoms with Crippen LogP contribution in [0.2, 0.25) is 0 Å². The number of nitrogens with zero attached hydrogens (tertiary/aromatic N) is 2. The maximum absolute atomic E-state index is 9.88. The standard InChI is InChI=1S/C22H32N4O2S/c1-3-23-22(24-15-17-9-10-19(27)20(14-17)28-4-2)25-16-18(21-8-7-13-29-21)26-11-5-6-12-26/h7-10,13-14,18,27H,3-6,11-12,15-16H2,1-2H3,(H2,23,24,25). The number of rotatable bonds is 9. The summed E-state index contributed by atoms with van der Waals surface area (Å²) in [5, 5.41) is 18.9. The molecule has 1 aliphatic heterocycles. The van der Waals surface area contributed by atoms with Gasteiger partial charge in [-0.2, -0.15) is 0 Å². The fourth-order valence-electron chi connectivity index (χ4n) is 3.58. The first-order valence-corrected chi connectivity index (χ1v) is 11.3. The van der Waals surface area contributed by atoms with Crippen LogP contribution in [0.15, 0.2) is 40.7 Å². The number of benzene rings is 1. The Balaban J connectivity index is 1.66. The number of phenolic OH excluding ortho intramolecular Hbond substituents is 1. The van der Waals surface area contributed by atoms with E-state index in [4.69, 9.17) is 9.73 Å². The van der Waals surface area contributed by atoms with Crippen LogP contribution in [0, 0.1) is 0 Å². The molecule has 0 amide bonds. The lowest BCUT2D eigenvalue weighted by Crippen LogP contribution is -2.42. The molecule has 158 valence electrons. The molecule has 0 aliphatic carbocycles. The van der Waals surface area contributed by atoms with Crippen molar-refractivity contribution in [3.8, 4) is 11.5 Å². The van der Waals surface area contributed by atoms with Crippen molar-refractivity contribution < 1.29 is 9.84 Å². The summed E-state index contributed by atoms with van der Waals surface area (Å²) in [6.07, 6.45) is 2.55. The van der Waals surface area contributed by atoms with Crippen molar-refractivity contribution in [2.75, 3.05) is 32.8 Å². The Morgan fingerprint density at radius 1 is 1.24 bits per heavy atom. The summed E-state index contributed by atoms with van der Waals surface area (Å²) >= 11 is 1.82. The third kappa shape index (κ3) is 6.11. The molecule has 1 atom stereocenters. The molecule has 1 aliphatic rings.